The van der Waals surface area contributed by atoms with Crippen molar-refractivity contribution in [1.82, 2.24) is 0 Å². The molecular weight excluding hydrogens is 286 g/mol. The minimum absolute atomic E-state index is 0.0552. The zero-order valence-electron chi connectivity index (χ0n) is 9.51. The molecule has 3 saturated carbocycles. The number of ketones is 1. The molecule has 4 atom stereocenters. The number of ether oxygens (including phenoxy) is 1. The van der Waals surface area contributed by atoms with Crippen LogP contribution >= 0.6 is 0 Å². The quantitative estimate of drug-likeness (QED) is 0.597. The van der Waals surface area contributed by atoms with Crippen LogP contribution in [0, 0.1) is 17.8 Å². The number of alkyl halides is 2. The molecule has 3 aliphatic rings. The van der Waals surface area contributed by atoms with E-state index < -0.39 is 26.9 Å². The van der Waals surface area contributed by atoms with Gasteiger partial charge in [0.25, 0.3) is 0 Å². The molecule has 6 nitrogen and oxygen atoms in total. The molecule has 0 aromatic heterocycles. The Balaban J connectivity index is 1.78. The van der Waals surface area contributed by atoms with Crippen LogP contribution in [0.1, 0.15) is 19.3 Å². The van der Waals surface area contributed by atoms with Gasteiger partial charge in [-0.2, -0.15) is 17.2 Å². The van der Waals surface area contributed by atoms with Crippen LogP contribution < -0.4 is 0 Å². The molecule has 0 aromatic rings. The second kappa shape index (κ2) is 3.32. The molecule has 9 heteroatoms. The molecule has 0 aromatic carbocycles. The third kappa shape index (κ3) is 1.51. The van der Waals surface area contributed by atoms with Gasteiger partial charge >= 0.3 is 21.3 Å². The lowest BCUT2D eigenvalue weighted by molar-refractivity contribution is -0.181. The number of carbonyl (C=O) groups is 2. The molecule has 0 amide bonds. The second-order valence-electron chi connectivity index (χ2n) is 5.46. The van der Waals surface area contributed by atoms with E-state index in [4.69, 9.17) is 4.55 Å². The largest absolute Gasteiger partial charge is 0.465 e. The Morgan fingerprint density at radius 3 is 2.26 bits per heavy atom. The molecule has 3 aliphatic carbocycles. The first-order chi connectivity index (χ1) is 8.57. The van der Waals surface area contributed by atoms with Crippen LogP contribution in [0.4, 0.5) is 8.78 Å². The average molecular weight is 296 g/mol. The summed E-state index contributed by atoms with van der Waals surface area (Å²) in [6, 6.07) is 0. The molecule has 0 spiro atoms. The maximum absolute atomic E-state index is 13.1. The van der Waals surface area contributed by atoms with Gasteiger partial charge in [0.2, 0.25) is 0 Å². The van der Waals surface area contributed by atoms with Crippen LogP contribution in [0.3, 0.4) is 0 Å². The van der Waals surface area contributed by atoms with Gasteiger partial charge in [-0.3, -0.25) is 9.35 Å². The number of fused-ring (bicyclic) bond motifs is 1. The molecule has 0 radical (unpaired) electrons. The first-order valence-corrected chi connectivity index (χ1v) is 7.13. The topological polar surface area (TPSA) is 97.7 Å². The summed E-state index contributed by atoms with van der Waals surface area (Å²) in [7, 11) is -5.85. The van der Waals surface area contributed by atoms with Gasteiger partial charge in [0.1, 0.15) is 11.4 Å². The van der Waals surface area contributed by atoms with Gasteiger partial charge in [-0.15, -0.1) is 0 Å². The van der Waals surface area contributed by atoms with Gasteiger partial charge in [0.15, 0.2) is 0 Å². The lowest BCUT2D eigenvalue weighted by atomic mass is 9.62. The fraction of sp³-hybridized carbons (Fsp3) is 0.800. The lowest BCUT2D eigenvalue weighted by Gasteiger charge is -2.42. The molecule has 0 saturated heterocycles. The lowest BCUT2D eigenvalue weighted by Crippen LogP contribution is -2.50. The Kier molecular flexibility index (Phi) is 2.26. The molecular formula is C10H10F2O6S. The zero-order chi connectivity index (χ0) is 14.2. The van der Waals surface area contributed by atoms with Crippen molar-refractivity contribution in [2.75, 3.05) is 0 Å². The molecule has 3 unspecified atom stereocenters. The Hall–Kier alpha value is -1.09. The number of rotatable bonds is 3. The van der Waals surface area contributed by atoms with E-state index in [1.807, 2.05) is 0 Å². The van der Waals surface area contributed by atoms with Gasteiger partial charge in [-0.1, -0.05) is 0 Å². The highest BCUT2D eigenvalue weighted by molar-refractivity contribution is 7.87. The summed E-state index contributed by atoms with van der Waals surface area (Å²) in [6.45, 7) is 0. The van der Waals surface area contributed by atoms with Crippen molar-refractivity contribution in [2.45, 2.75) is 30.1 Å². The molecule has 106 valence electrons. The normalized spacial score (nSPS) is 40.2. The number of hydrogen-bond donors (Lipinski definition) is 1. The van der Waals surface area contributed by atoms with E-state index in [1.54, 1.807) is 0 Å². The Morgan fingerprint density at radius 2 is 1.84 bits per heavy atom. The number of Topliss-reactive ketones (excluding diaryl/α,β-unsaturated/α-hetero) is 1. The van der Waals surface area contributed by atoms with E-state index in [0.717, 1.165) is 0 Å². The molecule has 3 rings (SSSR count). The van der Waals surface area contributed by atoms with E-state index in [1.165, 1.54) is 0 Å². The molecule has 2 bridgehead atoms. The fourth-order valence-corrected chi connectivity index (χ4v) is 3.87. The van der Waals surface area contributed by atoms with Crippen molar-refractivity contribution in [1.29, 1.82) is 0 Å². The van der Waals surface area contributed by atoms with E-state index in [-0.39, 0.29) is 36.4 Å². The third-order valence-corrected chi connectivity index (χ3v) is 5.24. The molecule has 19 heavy (non-hydrogen) atoms. The van der Waals surface area contributed by atoms with Crippen molar-refractivity contribution in [3.8, 4) is 0 Å². The maximum atomic E-state index is 13.1. The predicted octanol–water partition coefficient (Wildman–Crippen LogP) is 0.378. The Labute approximate surface area is 106 Å². The maximum Gasteiger partial charge on any atom is 0.465 e. The van der Waals surface area contributed by atoms with Crippen molar-refractivity contribution in [3.05, 3.63) is 0 Å². The van der Waals surface area contributed by atoms with Crippen LogP contribution in [0.5, 0.6) is 0 Å². The van der Waals surface area contributed by atoms with Crippen molar-refractivity contribution in [3.63, 3.8) is 0 Å². The summed E-state index contributed by atoms with van der Waals surface area (Å²) in [5.41, 5.74) is -1.17. The average Bonchev–Trinajstić information content (AvgIpc) is 2.77. The van der Waals surface area contributed by atoms with Crippen LogP contribution in [0.15, 0.2) is 0 Å². The molecule has 0 aliphatic heterocycles. The summed E-state index contributed by atoms with van der Waals surface area (Å²) < 4.78 is 60.1. The minimum atomic E-state index is -5.85. The number of carbonyl (C=O) groups excluding carboxylic acids is 2. The SMILES string of the molecule is O=C1C2CC3(OC(=O)C(F)(F)S(=O)(=O)O)CC2[C@H]1C3. The minimum Gasteiger partial charge on any atom is -0.454 e. The van der Waals surface area contributed by atoms with Crippen LogP contribution in [0.25, 0.3) is 0 Å². The van der Waals surface area contributed by atoms with Crippen LogP contribution in [-0.4, -0.2) is 35.6 Å². The molecule has 1 N–H and O–H groups in total. The summed E-state index contributed by atoms with van der Waals surface area (Å²) in [6.07, 6.45) is 0.641. The van der Waals surface area contributed by atoms with E-state index in [9.17, 15) is 26.8 Å². The summed E-state index contributed by atoms with van der Waals surface area (Å²) >= 11 is 0. The van der Waals surface area contributed by atoms with Gasteiger partial charge < -0.3 is 4.74 Å². The third-order valence-electron chi connectivity index (χ3n) is 4.43. The highest BCUT2D eigenvalue weighted by atomic mass is 32.2. The van der Waals surface area contributed by atoms with Crippen molar-refractivity contribution in [2.24, 2.45) is 17.8 Å². The second-order valence-corrected chi connectivity index (χ2v) is 6.92. The van der Waals surface area contributed by atoms with Crippen molar-refractivity contribution < 1.29 is 36.1 Å². The van der Waals surface area contributed by atoms with E-state index >= 15 is 0 Å². The zero-order valence-corrected chi connectivity index (χ0v) is 10.3. The monoisotopic (exact) mass is 296 g/mol. The Bertz CT molecular complexity index is 567. The van der Waals surface area contributed by atoms with E-state index in [2.05, 4.69) is 4.74 Å². The van der Waals surface area contributed by atoms with Gasteiger partial charge in [-0.25, -0.2) is 4.79 Å². The highest BCUT2D eigenvalue weighted by Crippen LogP contribution is 2.64. The van der Waals surface area contributed by atoms with Gasteiger partial charge in [0.05, 0.1) is 0 Å². The van der Waals surface area contributed by atoms with Crippen LogP contribution in [-0.2, 0) is 24.4 Å². The number of hydrogen-bond acceptors (Lipinski definition) is 5. The molecule has 3 fully saturated rings. The van der Waals surface area contributed by atoms with E-state index in [0.29, 0.717) is 6.42 Å². The standard InChI is InChI=1S/C10H10F2O6S/c11-10(12,19(15,16)17)8(14)18-9-1-4-5(2-9)7(13)6(4)3-9/h4-6H,1-3H2,(H,15,16,17)/t4?,5-,6?,9?/m1/s1. The summed E-state index contributed by atoms with van der Waals surface area (Å²) in [5.74, 6) is -2.67. The Morgan fingerprint density at radius 1 is 1.32 bits per heavy atom. The summed E-state index contributed by atoms with van der Waals surface area (Å²) in [4.78, 5) is 22.7. The number of esters is 1. The smallest absolute Gasteiger partial charge is 0.454 e. The molecule has 0 heterocycles. The highest BCUT2D eigenvalue weighted by Gasteiger charge is 2.70. The number of halogens is 2. The van der Waals surface area contributed by atoms with Crippen molar-refractivity contribution >= 4 is 21.9 Å². The van der Waals surface area contributed by atoms with Crippen LogP contribution in [0.2, 0.25) is 0 Å². The van der Waals surface area contributed by atoms with Gasteiger partial charge in [0, 0.05) is 11.8 Å². The first-order valence-electron chi connectivity index (χ1n) is 5.69. The first kappa shape index (κ1) is 12.9. The van der Waals surface area contributed by atoms with Gasteiger partial charge in [-0.05, 0) is 25.2 Å². The summed E-state index contributed by atoms with van der Waals surface area (Å²) in [5, 5.41) is -4.98. The fourth-order valence-electron chi connectivity index (χ4n) is 3.61. The predicted molar refractivity (Wildman–Crippen MR) is 54.6 cm³/mol.